The standard InChI is InChI=1S/C17H21F3N4O/c18-17(19,20)12-23-8-3-9-24(11-10-23)16(25)7-6-15-21-13-4-1-2-5-14(13)22-15/h1-2,4-5H,3,6-12H2,(H,21,22). The van der Waals surface area contributed by atoms with Crippen LogP contribution >= 0.6 is 0 Å². The normalized spacial score (nSPS) is 17.0. The Bertz CT molecular complexity index is 695. The number of benzene rings is 1. The molecule has 0 aliphatic carbocycles. The van der Waals surface area contributed by atoms with Crippen LogP contribution in [-0.4, -0.2) is 64.6 Å². The fraction of sp³-hybridized carbons (Fsp3) is 0.529. The lowest BCUT2D eigenvalue weighted by Crippen LogP contribution is -2.38. The number of nitrogens with one attached hydrogen (secondary N) is 1. The largest absolute Gasteiger partial charge is 0.401 e. The van der Waals surface area contributed by atoms with Gasteiger partial charge in [0.1, 0.15) is 5.82 Å². The summed E-state index contributed by atoms with van der Waals surface area (Å²) in [4.78, 5) is 23.0. The van der Waals surface area contributed by atoms with E-state index >= 15 is 0 Å². The second-order valence-electron chi connectivity index (χ2n) is 6.33. The first-order valence-electron chi connectivity index (χ1n) is 8.41. The average Bonchev–Trinajstić information content (AvgIpc) is 2.83. The zero-order chi connectivity index (χ0) is 17.9. The molecule has 1 fully saturated rings. The Balaban J connectivity index is 1.51. The highest BCUT2D eigenvalue weighted by Crippen LogP contribution is 2.18. The Morgan fingerprint density at radius 2 is 1.96 bits per heavy atom. The van der Waals surface area contributed by atoms with Gasteiger partial charge in [-0.3, -0.25) is 9.69 Å². The molecule has 136 valence electrons. The molecule has 0 radical (unpaired) electrons. The molecule has 0 saturated carbocycles. The van der Waals surface area contributed by atoms with E-state index < -0.39 is 12.7 Å². The van der Waals surface area contributed by atoms with E-state index in [0.717, 1.165) is 16.9 Å². The van der Waals surface area contributed by atoms with Crippen molar-refractivity contribution < 1.29 is 18.0 Å². The van der Waals surface area contributed by atoms with Gasteiger partial charge in [0.15, 0.2) is 0 Å². The molecule has 0 spiro atoms. The average molecular weight is 354 g/mol. The molecule has 0 bridgehead atoms. The van der Waals surface area contributed by atoms with Crippen LogP contribution in [0.1, 0.15) is 18.7 Å². The smallest absolute Gasteiger partial charge is 0.342 e. The van der Waals surface area contributed by atoms with Crippen LogP contribution in [0, 0.1) is 0 Å². The van der Waals surface area contributed by atoms with Crippen LogP contribution in [0.5, 0.6) is 0 Å². The number of hydrogen-bond donors (Lipinski definition) is 1. The zero-order valence-electron chi connectivity index (χ0n) is 13.9. The van der Waals surface area contributed by atoms with Crippen molar-refractivity contribution in [3.8, 4) is 0 Å². The van der Waals surface area contributed by atoms with Crippen LogP contribution in [-0.2, 0) is 11.2 Å². The quantitative estimate of drug-likeness (QED) is 0.918. The van der Waals surface area contributed by atoms with Crippen molar-refractivity contribution >= 4 is 16.9 Å². The molecule has 3 rings (SSSR count). The number of aryl methyl sites for hydroxylation is 1. The Kier molecular flexibility index (Phi) is 5.27. The number of carbonyl (C=O) groups is 1. The Morgan fingerprint density at radius 1 is 1.16 bits per heavy atom. The maximum Gasteiger partial charge on any atom is 0.401 e. The zero-order valence-corrected chi connectivity index (χ0v) is 13.9. The number of para-hydroxylation sites is 2. The summed E-state index contributed by atoms with van der Waals surface area (Å²) in [6, 6.07) is 7.65. The number of alkyl halides is 3. The van der Waals surface area contributed by atoms with E-state index in [1.807, 2.05) is 24.3 Å². The first-order valence-corrected chi connectivity index (χ1v) is 8.41. The third kappa shape index (κ3) is 4.94. The molecule has 2 aromatic rings. The summed E-state index contributed by atoms with van der Waals surface area (Å²) in [7, 11) is 0. The van der Waals surface area contributed by atoms with Crippen LogP contribution < -0.4 is 0 Å². The maximum absolute atomic E-state index is 12.5. The number of fused-ring (bicyclic) bond motifs is 1. The lowest BCUT2D eigenvalue weighted by Gasteiger charge is -2.22. The highest BCUT2D eigenvalue weighted by molar-refractivity contribution is 5.77. The number of aromatic nitrogens is 2. The third-order valence-corrected chi connectivity index (χ3v) is 4.36. The minimum atomic E-state index is -4.19. The molecule has 1 N–H and O–H groups in total. The molecule has 0 unspecified atom stereocenters. The van der Waals surface area contributed by atoms with Gasteiger partial charge < -0.3 is 9.88 Å². The van der Waals surface area contributed by atoms with Crippen molar-refractivity contribution in [1.82, 2.24) is 19.8 Å². The number of imidazole rings is 1. The lowest BCUT2D eigenvalue weighted by atomic mass is 10.2. The molecule has 1 saturated heterocycles. The van der Waals surface area contributed by atoms with Gasteiger partial charge in [-0.15, -0.1) is 0 Å². The van der Waals surface area contributed by atoms with Crippen LogP contribution in [0.2, 0.25) is 0 Å². The number of H-pyrrole nitrogens is 1. The molecule has 5 nitrogen and oxygen atoms in total. The van der Waals surface area contributed by atoms with Crippen molar-refractivity contribution in [2.24, 2.45) is 0 Å². The van der Waals surface area contributed by atoms with Gasteiger partial charge in [0.25, 0.3) is 0 Å². The Hall–Kier alpha value is -2.09. The fourth-order valence-corrected chi connectivity index (χ4v) is 3.14. The first-order chi connectivity index (χ1) is 11.9. The molecule has 2 heterocycles. The van der Waals surface area contributed by atoms with E-state index in [4.69, 9.17) is 0 Å². The van der Waals surface area contributed by atoms with E-state index in [2.05, 4.69) is 9.97 Å². The number of amides is 1. The Labute approximate surface area is 143 Å². The van der Waals surface area contributed by atoms with E-state index in [-0.39, 0.29) is 12.5 Å². The van der Waals surface area contributed by atoms with Crippen LogP contribution in [0.4, 0.5) is 13.2 Å². The number of nitrogens with zero attached hydrogens (tertiary/aromatic N) is 3. The monoisotopic (exact) mass is 354 g/mol. The van der Waals surface area contributed by atoms with Gasteiger partial charge in [-0.1, -0.05) is 12.1 Å². The molecular weight excluding hydrogens is 333 g/mol. The van der Waals surface area contributed by atoms with Gasteiger partial charge in [0.2, 0.25) is 5.91 Å². The summed E-state index contributed by atoms with van der Waals surface area (Å²) in [5, 5.41) is 0. The number of rotatable bonds is 4. The molecule has 25 heavy (non-hydrogen) atoms. The van der Waals surface area contributed by atoms with Crippen molar-refractivity contribution in [2.45, 2.75) is 25.4 Å². The van der Waals surface area contributed by atoms with E-state index in [1.165, 1.54) is 4.90 Å². The number of carbonyl (C=O) groups excluding carboxylic acids is 1. The molecule has 0 atom stereocenters. The van der Waals surface area contributed by atoms with Gasteiger partial charge in [-0.2, -0.15) is 13.2 Å². The molecule has 1 aliphatic rings. The van der Waals surface area contributed by atoms with Gasteiger partial charge in [-0.25, -0.2) is 4.98 Å². The predicted octanol–water partition coefficient (Wildman–Crippen LogP) is 2.59. The third-order valence-electron chi connectivity index (χ3n) is 4.36. The molecular formula is C17H21F3N4O. The summed E-state index contributed by atoms with van der Waals surface area (Å²) in [5.74, 6) is 0.720. The van der Waals surface area contributed by atoms with E-state index in [1.54, 1.807) is 4.90 Å². The minimum absolute atomic E-state index is 0.0330. The molecule has 1 amide bonds. The maximum atomic E-state index is 12.5. The molecule has 1 aliphatic heterocycles. The summed E-state index contributed by atoms with van der Waals surface area (Å²) < 4.78 is 37.5. The van der Waals surface area contributed by atoms with Crippen LogP contribution in [0.15, 0.2) is 24.3 Å². The van der Waals surface area contributed by atoms with Crippen LogP contribution in [0.25, 0.3) is 11.0 Å². The molecule has 1 aromatic carbocycles. The van der Waals surface area contributed by atoms with Gasteiger partial charge in [-0.05, 0) is 18.6 Å². The SMILES string of the molecule is O=C(CCc1nc2ccccc2[nH]1)N1CCCN(CC(F)(F)F)CC1. The minimum Gasteiger partial charge on any atom is -0.342 e. The summed E-state index contributed by atoms with van der Waals surface area (Å²) in [5.41, 5.74) is 1.80. The molecule has 1 aromatic heterocycles. The Morgan fingerprint density at radius 3 is 2.72 bits per heavy atom. The predicted molar refractivity (Wildman–Crippen MR) is 88.1 cm³/mol. The van der Waals surface area contributed by atoms with Gasteiger partial charge in [0.05, 0.1) is 17.6 Å². The topological polar surface area (TPSA) is 52.2 Å². The van der Waals surface area contributed by atoms with Crippen molar-refractivity contribution in [2.75, 3.05) is 32.7 Å². The number of aromatic amines is 1. The van der Waals surface area contributed by atoms with Crippen LogP contribution in [0.3, 0.4) is 0 Å². The van der Waals surface area contributed by atoms with Gasteiger partial charge in [0, 0.05) is 39.0 Å². The summed E-state index contributed by atoms with van der Waals surface area (Å²) in [6.45, 7) is 0.569. The first kappa shape index (κ1) is 17.7. The second kappa shape index (κ2) is 7.43. The highest BCUT2D eigenvalue weighted by atomic mass is 19.4. The summed E-state index contributed by atoms with van der Waals surface area (Å²) >= 11 is 0. The van der Waals surface area contributed by atoms with E-state index in [0.29, 0.717) is 38.9 Å². The number of halogens is 3. The van der Waals surface area contributed by atoms with Crippen molar-refractivity contribution in [3.63, 3.8) is 0 Å². The van der Waals surface area contributed by atoms with E-state index in [9.17, 15) is 18.0 Å². The second-order valence-corrected chi connectivity index (χ2v) is 6.33. The van der Waals surface area contributed by atoms with Gasteiger partial charge >= 0.3 is 6.18 Å². The van der Waals surface area contributed by atoms with Crippen molar-refractivity contribution in [3.05, 3.63) is 30.1 Å². The number of hydrogen-bond acceptors (Lipinski definition) is 3. The fourth-order valence-electron chi connectivity index (χ4n) is 3.14. The lowest BCUT2D eigenvalue weighted by molar-refractivity contribution is -0.145. The molecule has 8 heteroatoms. The summed E-state index contributed by atoms with van der Waals surface area (Å²) in [6.07, 6.45) is -2.83. The van der Waals surface area contributed by atoms with Crippen molar-refractivity contribution in [1.29, 1.82) is 0 Å². The highest BCUT2D eigenvalue weighted by Gasteiger charge is 2.31.